The van der Waals surface area contributed by atoms with Crippen molar-refractivity contribution < 1.29 is 9.72 Å². The van der Waals surface area contributed by atoms with Gasteiger partial charge in [-0.05, 0) is 13.0 Å². The van der Waals surface area contributed by atoms with E-state index in [4.69, 9.17) is 5.26 Å². The van der Waals surface area contributed by atoms with E-state index in [1.54, 1.807) is 13.0 Å². The molecule has 1 aliphatic rings. The zero-order valence-electron chi connectivity index (χ0n) is 9.26. The Bertz CT molecular complexity index is 599. The molecule has 0 spiro atoms. The molecular formula is C10H8N4O3S. The second-order valence-corrected chi connectivity index (χ2v) is 4.71. The first kappa shape index (κ1) is 12.1. The molecule has 0 aliphatic carbocycles. The first-order valence-corrected chi connectivity index (χ1v) is 5.77. The van der Waals surface area contributed by atoms with Gasteiger partial charge >= 0.3 is 11.0 Å². The number of nitriles is 1. The molecule has 1 aliphatic heterocycles. The monoisotopic (exact) mass is 264 g/mol. The predicted octanol–water partition coefficient (Wildman–Crippen LogP) is 1.81. The van der Waals surface area contributed by atoms with Gasteiger partial charge in [0, 0.05) is 16.6 Å². The van der Waals surface area contributed by atoms with Crippen molar-refractivity contribution >= 4 is 22.4 Å². The maximum Gasteiger partial charge on any atom is 0.324 e. The van der Waals surface area contributed by atoms with Gasteiger partial charge in [-0.1, -0.05) is 11.3 Å². The summed E-state index contributed by atoms with van der Waals surface area (Å²) in [5.41, 5.74) is 0.814. The van der Waals surface area contributed by atoms with Gasteiger partial charge in [-0.3, -0.25) is 10.1 Å². The summed E-state index contributed by atoms with van der Waals surface area (Å²) in [6, 6.07) is 3.86. The second-order valence-electron chi connectivity index (χ2n) is 3.62. The maximum atomic E-state index is 11.4. The van der Waals surface area contributed by atoms with Gasteiger partial charge in [0.05, 0.1) is 16.6 Å². The third-order valence-electron chi connectivity index (χ3n) is 2.47. The summed E-state index contributed by atoms with van der Waals surface area (Å²) in [7, 11) is 0. The van der Waals surface area contributed by atoms with Gasteiger partial charge in [0.1, 0.15) is 6.04 Å². The molecule has 1 aromatic rings. The van der Waals surface area contributed by atoms with E-state index >= 15 is 0 Å². The zero-order valence-corrected chi connectivity index (χ0v) is 10.1. The molecule has 0 fully saturated rings. The first-order valence-electron chi connectivity index (χ1n) is 4.95. The Morgan fingerprint density at radius 3 is 2.83 bits per heavy atom. The van der Waals surface area contributed by atoms with Crippen molar-refractivity contribution in [3.8, 4) is 6.07 Å². The highest BCUT2D eigenvalue weighted by Crippen LogP contribution is 2.34. The molecule has 1 unspecified atom stereocenters. The van der Waals surface area contributed by atoms with Gasteiger partial charge in [0.15, 0.2) is 0 Å². The van der Waals surface area contributed by atoms with E-state index in [1.807, 2.05) is 6.07 Å². The quantitative estimate of drug-likeness (QED) is 0.627. The Morgan fingerprint density at radius 1 is 1.56 bits per heavy atom. The number of amides is 2. The maximum absolute atomic E-state index is 11.4. The van der Waals surface area contributed by atoms with Crippen LogP contribution in [0.5, 0.6) is 0 Å². The Labute approximate surface area is 106 Å². The van der Waals surface area contributed by atoms with Gasteiger partial charge in [-0.15, -0.1) is 0 Å². The summed E-state index contributed by atoms with van der Waals surface area (Å²) >= 11 is 0.944. The highest BCUT2D eigenvalue weighted by Gasteiger charge is 2.28. The molecule has 7 nitrogen and oxygen atoms in total. The van der Waals surface area contributed by atoms with Crippen molar-refractivity contribution in [1.29, 1.82) is 5.26 Å². The molecule has 92 valence electrons. The van der Waals surface area contributed by atoms with Crippen LogP contribution in [0.1, 0.15) is 17.8 Å². The highest BCUT2D eigenvalue weighted by molar-refractivity contribution is 7.15. The van der Waals surface area contributed by atoms with Gasteiger partial charge < -0.3 is 10.6 Å². The smallest absolute Gasteiger partial charge is 0.324 e. The number of rotatable bonds is 2. The van der Waals surface area contributed by atoms with Crippen LogP contribution >= 0.6 is 11.3 Å². The highest BCUT2D eigenvalue weighted by atomic mass is 32.1. The lowest BCUT2D eigenvalue weighted by atomic mass is 10.0. The summed E-state index contributed by atoms with van der Waals surface area (Å²) < 4.78 is 0. The largest absolute Gasteiger partial charge is 0.325 e. The number of nitrogens with one attached hydrogen (secondary N) is 2. The van der Waals surface area contributed by atoms with E-state index in [1.165, 1.54) is 6.07 Å². The predicted molar refractivity (Wildman–Crippen MR) is 63.7 cm³/mol. The van der Waals surface area contributed by atoms with Crippen molar-refractivity contribution in [3.63, 3.8) is 0 Å². The molecule has 2 amide bonds. The first-order chi connectivity index (χ1) is 8.52. The molecule has 2 N–H and O–H groups in total. The molecule has 0 aromatic carbocycles. The minimum atomic E-state index is -0.623. The molecule has 1 aromatic heterocycles. The summed E-state index contributed by atoms with van der Waals surface area (Å²) in [4.78, 5) is 22.0. The van der Waals surface area contributed by atoms with Gasteiger partial charge in [0.2, 0.25) is 0 Å². The fourth-order valence-electron chi connectivity index (χ4n) is 1.65. The molecule has 2 heterocycles. The van der Waals surface area contributed by atoms with E-state index in [9.17, 15) is 14.9 Å². The fraction of sp³-hybridized carbons (Fsp3) is 0.200. The minimum Gasteiger partial charge on any atom is -0.325 e. The van der Waals surface area contributed by atoms with E-state index in [2.05, 4.69) is 10.6 Å². The summed E-state index contributed by atoms with van der Waals surface area (Å²) in [6.45, 7) is 1.62. The third kappa shape index (κ3) is 2.03. The zero-order chi connectivity index (χ0) is 13.3. The van der Waals surface area contributed by atoms with Gasteiger partial charge in [-0.2, -0.15) is 5.26 Å². The number of hydrogen-bond acceptors (Lipinski definition) is 5. The van der Waals surface area contributed by atoms with Crippen LogP contribution in [0, 0.1) is 21.4 Å². The van der Waals surface area contributed by atoms with Crippen LogP contribution in [0.25, 0.3) is 0 Å². The van der Waals surface area contributed by atoms with E-state index in [0.29, 0.717) is 16.1 Å². The molecule has 0 bridgehead atoms. The molecule has 18 heavy (non-hydrogen) atoms. The lowest BCUT2D eigenvalue weighted by molar-refractivity contribution is -0.380. The minimum absolute atomic E-state index is 0.0206. The third-order valence-corrected chi connectivity index (χ3v) is 3.57. The van der Waals surface area contributed by atoms with Crippen molar-refractivity contribution in [2.24, 2.45) is 0 Å². The molecule has 8 heteroatoms. The number of hydrogen-bond donors (Lipinski definition) is 2. The Balaban J connectivity index is 2.42. The Hall–Kier alpha value is -2.40. The Kier molecular flexibility index (Phi) is 2.99. The average molecular weight is 264 g/mol. The number of nitro groups is 1. The van der Waals surface area contributed by atoms with Crippen molar-refractivity contribution in [2.75, 3.05) is 0 Å². The lowest BCUT2D eigenvalue weighted by Gasteiger charge is -2.24. The molecular weight excluding hydrogens is 256 g/mol. The van der Waals surface area contributed by atoms with Crippen LogP contribution in [-0.4, -0.2) is 11.0 Å². The van der Waals surface area contributed by atoms with Crippen molar-refractivity contribution in [2.45, 2.75) is 13.0 Å². The van der Waals surface area contributed by atoms with E-state index in [-0.39, 0.29) is 5.00 Å². The standard InChI is InChI=1S/C10H8N4O3S/c1-5-6(4-11)9(13-10(15)12-5)7-2-3-8(18-7)14(16)17/h2-3,9H,1H3,(H2,12,13,15). The van der Waals surface area contributed by atoms with Crippen LogP contribution in [0.3, 0.4) is 0 Å². The van der Waals surface area contributed by atoms with Crippen LogP contribution in [0.2, 0.25) is 0 Å². The number of nitrogens with zero attached hydrogens (tertiary/aromatic N) is 2. The van der Waals surface area contributed by atoms with Gasteiger partial charge in [-0.25, -0.2) is 4.79 Å². The normalized spacial score (nSPS) is 18.9. The molecule has 1 atom stereocenters. The molecule has 0 radical (unpaired) electrons. The Morgan fingerprint density at radius 2 is 2.28 bits per heavy atom. The molecule has 2 rings (SSSR count). The number of carbonyl (C=O) groups is 1. The van der Waals surface area contributed by atoms with Crippen molar-refractivity contribution in [3.05, 3.63) is 38.4 Å². The summed E-state index contributed by atoms with van der Waals surface area (Å²) in [5.74, 6) is 0. The second kappa shape index (κ2) is 4.46. The summed E-state index contributed by atoms with van der Waals surface area (Å²) in [6.07, 6.45) is 0. The average Bonchev–Trinajstić information content (AvgIpc) is 2.77. The fourth-order valence-corrected chi connectivity index (χ4v) is 2.53. The lowest BCUT2D eigenvalue weighted by Crippen LogP contribution is -2.42. The number of urea groups is 1. The van der Waals surface area contributed by atoms with Gasteiger partial charge in [0.25, 0.3) is 0 Å². The van der Waals surface area contributed by atoms with E-state index < -0.39 is 17.0 Å². The number of carbonyl (C=O) groups excluding carboxylic acids is 1. The molecule has 0 saturated carbocycles. The van der Waals surface area contributed by atoms with Crippen LogP contribution in [0.15, 0.2) is 23.4 Å². The summed E-state index contributed by atoms with van der Waals surface area (Å²) in [5, 5.41) is 24.7. The SMILES string of the molecule is CC1=C(C#N)C(c2ccc([N+](=O)[O-])s2)NC(=O)N1. The van der Waals surface area contributed by atoms with Crippen LogP contribution in [-0.2, 0) is 0 Å². The van der Waals surface area contributed by atoms with Crippen LogP contribution in [0.4, 0.5) is 9.80 Å². The van der Waals surface area contributed by atoms with Crippen molar-refractivity contribution in [1.82, 2.24) is 10.6 Å². The topological polar surface area (TPSA) is 108 Å². The van der Waals surface area contributed by atoms with E-state index in [0.717, 1.165) is 11.3 Å². The number of thiophene rings is 1. The van der Waals surface area contributed by atoms with Crippen LogP contribution < -0.4 is 10.6 Å². The number of allylic oxidation sites excluding steroid dienone is 1. The molecule has 0 saturated heterocycles.